The van der Waals surface area contributed by atoms with Crippen molar-refractivity contribution < 1.29 is 24.5 Å². The average molecular weight is 1210 g/mol. The molecule has 0 heterocycles. The zero-order valence-corrected chi connectivity index (χ0v) is 58.3. The summed E-state index contributed by atoms with van der Waals surface area (Å²) in [5.41, 5.74) is 0. The molecule has 0 aliphatic carbocycles. The lowest BCUT2D eigenvalue weighted by Crippen LogP contribution is -2.45. The summed E-state index contributed by atoms with van der Waals surface area (Å²) in [5, 5.41) is 23.4. The zero-order chi connectivity index (χ0) is 62.0. The van der Waals surface area contributed by atoms with E-state index in [-0.39, 0.29) is 18.5 Å². The van der Waals surface area contributed by atoms with Gasteiger partial charge in [0.1, 0.15) is 0 Å². The number of rotatable bonds is 74. The predicted octanol–water partition coefficient (Wildman–Crippen LogP) is 25.8. The quantitative estimate of drug-likeness (QED) is 0.0320. The van der Waals surface area contributed by atoms with Gasteiger partial charge in [0.2, 0.25) is 5.91 Å². The molecule has 3 N–H and O–H groups in total. The molecule has 0 aromatic rings. The molecule has 0 aromatic heterocycles. The molecule has 0 bridgehead atoms. The van der Waals surface area contributed by atoms with Gasteiger partial charge < -0.3 is 20.3 Å². The maximum absolute atomic E-state index is 12.5. The average Bonchev–Trinajstić information content (AvgIpc) is 3.54. The van der Waals surface area contributed by atoms with Crippen molar-refractivity contribution in [1.29, 1.82) is 0 Å². The second-order valence-corrected chi connectivity index (χ2v) is 27.0. The minimum absolute atomic E-state index is 0.00889. The summed E-state index contributed by atoms with van der Waals surface area (Å²) in [6.45, 7) is 4.96. The first-order chi connectivity index (χ1) is 42.5. The Balaban J connectivity index is 3.32. The van der Waals surface area contributed by atoms with E-state index < -0.39 is 12.1 Å². The summed E-state index contributed by atoms with van der Waals surface area (Å²) < 4.78 is 5.49. The Hall–Kier alpha value is -1.92. The molecule has 508 valence electrons. The van der Waals surface area contributed by atoms with Crippen LogP contribution in [0.5, 0.6) is 0 Å². The van der Waals surface area contributed by atoms with Gasteiger partial charge in [-0.15, -0.1) is 0 Å². The van der Waals surface area contributed by atoms with Crippen molar-refractivity contribution in [2.75, 3.05) is 13.2 Å². The summed E-state index contributed by atoms with van der Waals surface area (Å²) in [7, 11) is 0. The molecule has 6 heteroatoms. The molecular formula is C80H153NO5. The van der Waals surface area contributed by atoms with Crippen LogP contribution in [-0.4, -0.2) is 47.4 Å². The van der Waals surface area contributed by atoms with Gasteiger partial charge in [-0.05, 0) is 83.5 Å². The third kappa shape index (κ3) is 71.2. The summed E-state index contributed by atoms with van der Waals surface area (Å²) >= 11 is 0. The van der Waals surface area contributed by atoms with Crippen LogP contribution in [0.4, 0.5) is 0 Å². The fraction of sp³-hybridized carbons (Fsp3) is 0.900. The molecule has 6 nitrogen and oxygen atoms in total. The van der Waals surface area contributed by atoms with Crippen molar-refractivity contribution in [1.82, 2.24) is 5.32 Å². The second kappa shape index (κ2) is 75.5. The lowest BCUT2D eigenvalue weighted by Gasteiger charge is -2.22. The summed E-state index contributed by atoms with van der Waals surface area (Å²) in [4.78, 5) is 24.6. The Morgan fingerprint density at radius 3 is 0.919 bits per heavy atom. The van der Waals surface area contributed by atoms with Crippen molar-refractivity contribution in [3.63, 3.8) is 0 Å². The Bertz CT molecular complexity index is 1390. The number of ether oxygens (including phenoxy) is 1. The van der Waals surface area contributed by atoms with E-state index in [0.717, 1.165) is 51.4 Å². The number of aliphatic hydroxyl groups is 2. The van der Waals surface area contributed by atoms with Gasteiger partial charge in [-0.25, -0.2) is 0 Å². The Morgan fingerprint density at radius 2 is 0.581 bits per heavy atom. The van der Waals surface area contributed by atoms with Gasteiger partial charge >= 0.3 is 5.97 Å². The first-order valence-corrected chi connectivity index (χ1v) is 39.2. The molecule has 0 rings (SSSR count). The van der Waals surface area contributed by atoms with Crippen LogP contribution in [0.3, 0.4) is 0 Å². The summed E-state index contributed by atoms with van der Waals surface area (Å²) in [6.07, 6.45) is 98.1. The van der Waals surface area contributed by atoms with E-state index in [2.05, 4.69) is 55.6 Å². The first kappa shape index (κ1) is 84.1. The molecule has 0 spiro atoms. The highest BCUT2D eigenvalue weighted by atomic mass is 16.5. The Morgan fingerprint density at radius 1 is 0.326 bits per heavy atom. The summed E-state index contributed by atoms with van der Waals surface area (Å²) in [5.74, 6) is -0.0185. The van der Waals surface area contributed by atoms with Crippen LogP contribution in [0, 0.1) is 0 Å². The minimum Gasteiger partial charge on any atom is -0.466 e. The normalized spacial score (nSPS) is 12.7. The highest BCUT2D eigenvalue weighted by molar-refractivity contribution is 5.76. The number of aliphatic hydroxyl groups excluding tert-OH is 2. The number of nitrogens with one attached hydrogen (secondary N) is 1. The predicted molar refractivity (Wildman–Crippen MR) is 379 cm³/mol. The zero-order valence-electron chi connectivity index (χ0n) is 58.3. The molecule has 0 aliphatic heterocycles. The van der Waals surface area contributed by atoms with E-state index in [1.165, 1.54) is 353 Å². The SMILES string of the molecule is CCCCC/C=C\C/C=C\CCCCCCCC(=O)OCCCCCCCCCCCCCCCCCCCC/C=C\CCCCCCCCCCCCCCCCCCCC(=O)NC(CO)C(O)CCCCCCCCCCCCCCCCC. The molecule has 86 heavy (non-hydrogen) atoms. The smallest absolute Gasteiger partial charge is 0.305 e. The van der Waals surface area contributed by atoms with Gasteiger partial charge in [-0.3, -0.25) is 9.59 Å². The molecular weight excluding hydrogens is 1050 g/mol. The standard InChI is InChI=1S/C80H153NO5/c1-3-5-7-9-11-13-15-17-44-48-52-56-60-64-68-72-78(83)77(76-82)81-79(84)73-69-65-61-57-53-49-46-42-40-38-36-34-32-30-28-26-24-22-20-19-21-23-25-27-29-31-33-35-37-39-41-43-47-51-55-59-63-67-71-75-86-80(85)74-70-66-62-58-54-50-45-18-16-14-12-10-8-6-4-2/h12,14,18-20,45,77-78,82-83H,3-11,13,15-17,21-44,46-76H2,1-2H3,(H,81,84)/b14-12-,20-19-,45-18-. The Labute approximate surface area is 538 Å². The van der Waals surface area contributed by atoms with Crippen molar-refractivity contribution in [3.8, 4) is 0 Å². The molecule has 0 radical (unpaired) electrons. The fourth-order valence-corrected chi connectivity index (χ4v) is 12.4. The molecule has 0 saturated carbocycles. The van der Waals surface area contributed by atoms with E-state index in [0.29, 0.717) is 25.9 Å². The highest BCUT2D eigenvalue weighted by Gasteiger charge is 2.20. The van der Waals surface area contributed by atoms with Crippen LogP contribution in [0.2, 0.25) is 0 Å². The minimum atomic E-state index is -0.661. The maximum Gasteiger partial charge on any atom is 0.305 e. The lowest BCUT2D eigenvalue weighted by atomic mass is 10.0. The largest absolute Gasteiger partial charge is 0.466 e. The number of allylic oxidation sites excluding steroid dienone is 6. The van der Waals surface area contributed by atoms with E-state index in [1.54, 1.807) is 0 Å². The Kier molecular flexibility index (Phi) is 73.9. The van der Waals surface area contributed by atoms with E-state index in [9.17, 15) is 19.8 Å². The van der Waals surface area contributed by atoms with E-state index >= 15 is 0 Å². The number of carbonyl (C=O) groups excluding carboxylic acids is 2. The van der Waals surface area contributed by atoms with Crippen LogP contribution in [0.1, 0.15) is 438 Å². The van der Waals surface area contributed by atoms with Gasteiger partial charge in [0.25, 0.3) is 0 Å². The topological polar surface area (TPSA) is 95.9 Å². The molecule has 2 unspecified atom stereocenters. The van der Waals surface area contributed by atoms with Gasteiger partial charge in [-0.1, -0.05) is 378 Å². The summed E-state index contributed by atoms with van der Waals surface area (Å²) in [6, 6.07) is -0.538. The second-order valence-electron chi connectivity index (χ2n) is 27.0. The van der Waals surface area contributed by atoms with Crippen molar-refractivity contribution >= 4 is 11.9 Å². The maximum atomic E-state index is 12.5. The monoisotopic (exact) mass is 1210 g/mol. The van der Waals surface area contributed by atoms with Crippen molar-refractivity contribution in [2.24, 2.45) is 0 Å². The number of carbonyl (C=O) groups is 2. The molecule has 1 amide bonds. The van der Waals surface area contributed by atoms with Crippen LogP contribution in [0.25, 0.3) is 0 Å². The van der Waals surface area contributed by atoms with Crippen LogP contribution >= 0.6 is 0 Å². The number of unbranched alkanes of at least 4 members (excludes halogenated alkanes) is 57. The molecule has 0 fully saturated rings. The van der Waals surface area contributed by atoms with Gasteiger partial charge in [0.05, 0.1) is 25.4 Å². The van der Waals surface area contributed by atoms with E-state index in [1.807, 2.05) is 0 Å². The number of amides is 1. The third-order valence-electron chi connectivity index (χ3n) is 18.4. The van der Waals surface area contributed by atoms with Crippen LogP contribution in [-0.2, 0) is 14.3 Å². The van der Waals surface area contributed by atoms with Gasteiger partial charge in [0, 0.05) is 12.8 Å². The van der Waals surface area contributed by atoms with Gasteiger partial charge in [-0.2, -0.15) is 0 Å². The van der Waals surface area contributed by atoms with Crippen LogP contribution in [0.15, 0.2) is 36.5 Å². The first-order valence-electron chi connectivity index (χ1n) is 39.2. The van der Waals surface area contributed by atoms with E-state index in [4.69, 9.17) is 4.74 Å². The molecule has 0 aliphatic rings. The van der Waals surface area contributed by atoms with Crippen molar-refractivity contribution in [2.45, 2.75) is 450 Å². The number of hydrogen-bond acceptors (Lipinski definition) is 5. The highest BCUT2D eigenvalue weighted by Crippen LogP contribution is 2.20. The van der Waals surface area contributed by atoms with Crippen LogP contribution < -0.4 is 5.32 Å². The van der Waals surface area contributed by atoms with Crippen molar-refractivity contribution in [3.05, 3.63) is 36.5 Å². The number of hydrogen-bond donors (Lipinski definition) is 3. The lowest BCUT2D eigenvalue weighted by molar-refractivity contribution is -0.143. The molecule has 0 saturated heterocycles. The number of esters is 1. The third-order valence-corrected chi connectivity index (χ3v) is 18.4. The van der Waals surface area contributed by atoms with Gasteiger partial charge in [0.15, 0.2) is 0 Å². The fourth-order valence-electron chi connectivity index (χ4n) is 12.4. The molecule has 0 aromatic carbocycles. The molecule has 2 atom stereocenters.